The fourth-order valence-electron chi connectivity index (χ4n) is 1.00. The van der Waals surface area contributed by atoms with E-state index < -0.39 is 0 Å². The molecular weight excluding hydrogens is 267 g/mol. The molecule has 0 spiro atoms. The molecule has 1 heterocycles. The van der Waals surface area contributed by atoms with E-state index in [1.807, 2.05) is 0 Å². The summed E-state index contributed by atoms with van der Waals surface area (Å²) >= 11 is 3.16. The first-order chi connectivity index (χ1) is 7.24. The standard InChI is InChI=1S/C8H6BrFN4O/c9-5-1-6(10)3-7(2-5)15-4-8-11-13-14-12-8/h1-3H,4H2,(H,11,12,13,14). The van der Waals surface area contributed by atoms with Crippen LogP contribution < -0.4 is 4.74 Å². The fraction of sp³-hybridized carbons (Fsp3) is 0.125. The molecule has 0 saturated carbocycles. The highest BCUT2D eigenvalue weighted by Crippen LogP contribution is 2.20. The first kappa shape index (κ1) is 10.0. The second-order valence-electron chi connectivity index (χ2n) is 2.72. The molecule has 0 saturated heterocycles. The van der Waals surface area contributed by atoms with Gasteiger partial charge < -0.3 is 4.74 Å². The highest BCUT2D eigenvalue weighted by Gasteiger charge is 2.02. The normalized spacial score (nSPS) is 10.3. The third kappa shape index (κ3) is 2.72. The predicted molar refractivity (Wildman–Crippen MR) is 52.6 cm³/mol. The third-order valence-corrected chi connectivity index (χ3v) is 2.05. The maximum atomic E-state index is 12.9. The lowest BCUT2D eigenvalue weighted by molar-refractivity contribution is 0.294. The number of nitrogens with one attached hydrogen (secondary N) is 1. The molecule has 0 bridgehead atoms. The molecule has 78 valence electrons. The van der Waals surface area contributed by atoms with Crippen molar-refractivity contribution in [3.8, 4) is 5.75 Å². The number of ether oxygens (including phenoxy) is 1. The van der Waals surface area contributed by atoms with E-state index in [1.165, 1.54) is 12.1 Å². The van der Waals surface area contributed by atoms with Gasteiger partial charge in [-0.1, -0.05) is 21.1 Å². The van der Waals surface area contributed by atoms with E-state index in [0.29, 0.717) is 16.0 Å². The van der Waals surface area contributed by atoms with Gasteiger partial charge in [0, 0.05) is 10.5 Å². The fourth-order valence-corrected chi connectivity index (χ4v) is 1.45. The van der Waals surface area contributed by atoms with Gasteiger partial charge in [-0.25, -0.2) is 4.39 Å². The summed E-state index contributed by atoms with van der Waals surface area (Å²) in [5, 5.41) is 13.1. The maximum Gasteiger partial charge on any atom is 0.211 e. The molecule has 0 atom stereocenters. The number of hydrogen-bond donors (Lipinski definition) is 1. The minimum absolute atomic E-state index is 0.145. The average Bonchev–Trinajstić information content (AvgIpc) is 2.65. The molecule has 0 fully saturated rings. The number of aromatic nitrogens is 4. The van der Waals surface area contributed by atoms with Crippen LogP contribution in [0.4, 0.5) is 4.39 Å². The first-order valence-electron chi connectivity index (χ1n) is 4.05. The summed E-state index contributed by atoms with van der Waals surface area (Å²) in [6, 6.07) is 4.29. The number of tetrazole rings is 1. The zero-order valence-electron chi connectivity index (χ0n) is 7.44. The van der Waals surface area contributed by atoms with Crippen molar-refractivity contribution in [2.45, 2.75) is 6.61 Å². The SMILES string of the molecule is Fc1cc(Br)cc(OCc2nn[nH]n2)c1. The molecule has 0 aliphatic carbocycles. The molecule has 0 aliphatic heterocycles. The van der Waals surface area contributed by atoms with Crippen molar-refractivity contribution >= 4 is 15.9 Å². The van der Waals surface area contributed by atoms with Crippen LogP contribution in [0.1, 0.15) is 5.82 Å². The van der Waals surface area contributed by atoms with Crippen molar-refractivity contribution in [1.82, 2.24) is 20.6 Å². The van der Waals surface area contributed by atoms with E-state index in [2.05, 4.69) is 36.6 Å². The van der Waals surface area contributed by atoms with E-state index in [0.717, 1.165) is 0 Å². The topological polar surface area (TPSA) is 63.7 Å². The lowest BCUT2D eigenvalue weighted by atomic mass is 10.3. The largest absolute Gasteiger partial charge is 0.485 e. The van der Waals surface area contributed by atoms with Crippen molar-refractivity contribution in [1.29, 1.82) is 0 Å². The number of hydrogen-bond acceptors (Lipinski definition) is 4. The van der Waals surface area contributed by atoms with Gasteiger partial charge in [-0.05, 0) is 12.1 Å². The quantitative estimate of drug-likeness (QED) is 0.924. The van der Waals surface area contributed by atoms with Crippen molar-refractivity contribution in [2.24, 2.45) is 0 Å². The Kier molecular flexibility index (Phi) is 2.91. The Morgan fingerprint density at radius 1 is 1.40 bits per heavy atom. The van der Waals surface area contributed by atoms with Gasteiger partial charge in [0.25, 0.3) is 0 Å². The van der Waals surface area contributed by atoms with Crippen molar-refractivity contribution < 1.29 is 9.13 Å². The Hall–Kier alpha value is -1.50. The first-order valence-corrected chi connectivity index (χ1v) is 4.84. The molecule has 0 amide bonds. The Morgan fingerprint density at radius 3 is 2.93 bits per heavy atom. The van der Waals surface area contributed by atoms with E-state index in [9.17, 15) is 4.39 Å². The molecule has 1 aromatic heterocycles. The van der Waals surface area contributed by atoms with Crippen LogP contribution in [0.25, 0.3) is 0 Å². The number of aromatic amines is 1. The number of halogens is 2. The van der Waals surface area contributed by atoms with Gasteiger partial charge >= 0.3 is 0 Å². The van der Waals surface area contributed by atoms with Crippen molar-refractivity contribution in [3.63, 3.8) is 0 Å². The highest BCUT2D eigenvalue weighted by molar-refractivity contribution is 9.10. The Bertz CT molecular complexity index is 428. The molecule has 2 rings (SSSR count). The van der Waals surface area contributed by atoms with Crippen LogP contribution >= 0.6 is 15.9 Å². The average molecular weight is 273 g/mol. The summed E-state index contributed by atoms with van der Waals surface area (Å²) in [6.07, 6.45) is 0. The molecular formula is C8H6BrFN4O. The Labute approximate surface area is 92.8 Å². The second-order valence-corrected chi connectivity index (χ2v) is 3.64. The molecule has 5 nitrogen and oxygen atoms in total. The minimum Gasteiger partial charge on any atom is -0.485 e. The van der Waals surface area contributed by atoms with Crippen LogP contribution in [-0.2, 0) is 6.61 Å². The van der Waals surface area contributed by atoms with Gasteiger partial charge in [-0.3, -0.25) is 0 Å². The van der Waals surface area contributed by atoms with Gasteiger partial charge in [0.05, 0.1) is 0 Å². The third-order valence-electron chi connectivity index (χ3n) is 1.59. The lowest BCUT2D eigenvalue weighted by Crippen LogP contribution is -1.98. The van der Waals surface area contributed by atoms with Crippen molar-refractivity contribution in [2.75, 3.05) is 0 Å². The highest BCUT2D eigenvalue weighted by atomic mass is 79.9. The Morgan fingerprint density at radius 2 is 2.27 bits per heavy atom. The molecule has 1 N–H and O–H groups in total. The molecule has 0 unspecified atom stereocenters. The van der Waals surface area contributed by atoms with Crippen LogP contribution in [0.3, 0.4) is 0 Å². The molecule has 1 aromatic carbocycles. The van der Waals surface area contributed by atoms with Gasteiger partial charge in [0.2, 0.25) is 5.82 Å². The number of nitrogens with zero attached hydrogens (tertiary/aromatic N) is 3. The van der Waals surface area contributed by atoms with Gasteiger partial charge in [0.1, 0.15) is 11.6 Å². The lowest BCUT2D eigenvalue weighted by Gasteiger charge is -2.03. The summed E-state index contributed by atoms with van der Waals surface area (Å²) in [6.45, 7) is 0.145. The van der Waals surface area contributed by atoms with Crippen LogP contribution in [-0.4, -0.2) is 20.6 Å². The van der Waals surface area contributed by atoms with Crippen LogP contribution in [0.2, 0.25) is 0 Å². The summed E-state index contributed by atoms with van der Waals surface area (Å²) in [5.74, 6) is 0.453. The van der Waals surface area contributed by atoms with Crippen LogP contribution in [0, 0.1) is 5.82 Å². The van der Waals surface area contributed by atoms with Crippen LogP contribution in [0.5, 0.6) is 5.75 Å². The van der Waals surface area contributed by atoms with Gasteiger partial charge in [-0.2, -0.15) is 5.21 Å². The van der Waals surface area contributed by atoms with E-state index in [4.69, 9.17) is 4.74 Å². The number of H-pyrrole nitrogens is 1. The summed E-state index contributed by atoms with van der Waals surface area (Å²) in [7, 11) is 0. The van der Waals surface area contributed by atoms with E-state index >= 15 is 0 Å². The molecule has 7 heteroatoms. The Balaban J connectivity index is 2.05. The minimum atomic E-state index is -0.368. The van der Waals surface area contributed by atoms with E-state index in [-0.39, 0.29) is 12.4 Å². The van der Waals surface area contributed by atoms with Gasteiger partial charge in [-0.15, -0.1) is 10.2 Å². The molecule has 0 aliphatic rings. The summed E-state index contributed by atoms with van der Waals surface area (Å²) in [5.41, 5.74) is 0. The second kappa shape index (κ2) is 4.35. The summed E-state index contributed by atoms with van der Waals surface area (Å²) < 4.78 is 18.8. The molecule has 15 heavy (non-hydrogen) atoms. The van der Waals surface area contributed by atoms with Gasteiger partial charge in [0.15, 0.2) is 6.61 Å². The van der Waals surface area contributed by atoms with Crippen LogP contribution in [0.15, 0.2) is 22.7 Å². The smallest absolute Gasteiger partial charge is 0.211 e. The molecule has 0 radical (unpaired) electrons. The zero-order chi connectivity index (χ0) is 10.7. The zero-order valence-corrected chi connectivity index (χ0v) is 9.03. The predicted octanol–water partition coefficient (Wildman–Crippen LogP) is 1.68. The van der Waals surface area contributed by atoms with Crippen molar-refractivity contribution in [3.05, 3.63) is 34.3 Å². The summed E-state index contributed by atoms with van der Waals surface area (Å²) in [4.78, 5) is 0. The number of benzene rings is 1. The maximum absolute atomic E-state index is 12.9. The monoisotopic (exact) mass is 272 g/mol. The number of rotatable bonds is 3. The molecule has 2 aromatic rings. The van der Waals surface area contributed by atoms with E-state index in [1.54, 1.807) is 6.07 Å².